The van der Waals surface area contributed by atoms with Crippen molar-refractivity contribution in [2.45, 2.75) is 41.0 Å². The largest absolute Gasteiger partial charge is 0.496 e. The molecule has 0 saturated carbocycles. The smallest absolute Gasteiger partial charge is 0.124 e. The van der Waals surface area contributed by atoms with Crippen molar-refractivity contribution in [3.63, 3.8) is 0 Å². The van der Waals surface area contributed by atoms with Crippen LogP contribution in [0.25, 0.3) is 0 Å². The third-order valence-corrected chi connectivity index (χ3v) is 8.52. The van der Waals surface area contributed by atoms with Gasteiger partial charge in [-0.3, -0.25) is 0 Å². The third-order valence-electron chi connectivity index (χ3n) is 5.99. The van der Waals surface area contributed by atoms with E-state index >= 15 is 0 Å². The molecular weight excluding hydrogens is 389 g/mol. The van der Waals surface area contributed by atoms with Crippen LogP contribution in [0.15, 0.2) is 47.3 Å². The third kappa shape index (κ3) is 4.06. The van der Waals surface area contributed by atoms with Gasteiger partial charge < -0.3 is 15.2 Å². The quantitative estimate of drug-likeness (QED) is 0.624. The maximum atomic E-state index is 6.28. The topological polar surface area (TPSA) is 44.5 Å². The fourth-order valence-corrected chi connectivity index (χ4v) is 7.68. The second-order valence-corrected chi connectivity index (χ2v) is 10.3. The summed E-state index contributed by atoms with van der Waals surface area (Å²) in [6.45, 7) is 11.4. The Hall–Kier alpha value is -2.09. The summed E-state index contributed by atoms with van der Waals surface area (Å²) < 4.78 is 11.3. The highest BCUT2D eigenvalue weighted by Gasteiger charge is 2.30. The lowest BCUT2D eigenvalue weighted by atomic mass is 10.0. The molecule has 1 aliphatic carbocycles. The van der Waals surface area contributed by atoms with Crippen LogP contribution in [0.1, 0.15) is 35.6 Å². The molecule has 0 aliphatic heterocycles. The van der Waals surface area contributed by atoms with Gasteiger partial charge in [0.1, 0.15) is 11.5 Å². The Morgan fingerprint density at radius 3 is 1.57 bits per heavy atom. The lowest BCUT2D eigenvalue weighted by Crippen LogP contribution is -2.23. The predicted octanol–water partition coefficient (Wildman–Crippen LogP) is 5.18. The average Bonchev–Trinajstić information content (AvgIpc) is 3.10. The monoisotopic (exact) mass is 423 g/mol. The molecule has 0 radical (unpaired) electrons. The lowest BCUT2D eigenvalue weighted by molar-refractivity contribution is 0.408. The molecule has 3 nitrogen and oxygen atoms in total. The van der Waals surface area contributed by atoms with Crippen molar-refractivity contribution in [2.24, 2.45) is 11.7 Å². The number of allylic oxidation sites excluding steroid dienone is 2. The average molecular weight is 424 g/mol. The Kier molecular flexibility index (Phi) is 7.06. The van der Waals surface area contributed by atoms with Gasteiger partial charge in [-0.1, -0.05) is 24.6 Å². The van der Waals surface area contributed by atoms with Crippen LogP contribution >= 0.6 is 7.92 Å². The predicted molar refractivity (Wildman–Crippen MR) is 130 cm³/mol. The van der Waals surface area contributed by atoms with Crippen LogP contribution in [0.4, 0.5) is 0 Å². The van der Waals surface area contributed by atoms with E-state index in [2.05, 4.69) is 71.0 Å². The molecule has 160 valence electrons. The normalized spacial score (nSPS) is 16.0. The molecule has 2 aromatic rings. The summed E-state index contributed by atoms with van der Waals surface area (Å²) in [5, 5.41) is 4.14. The number of hydrogen-bond acceptors (Lipinski definition) is 3. The van der Waals surface area contributed by atoms with Crippen molar-refractivity contribution in [2.75, 3.05) is 20.8 Å². The van der Waals surface area contributed by atoms with Crippen molar-refractivity contribution in [1.82, 2.24) is 0 Å². The number of aryl methyl sites for hydroxylation is 4. The Balaban J connectivity index is 2.21. The SMILES string of the molecule is CCC1=CC=C(P(c2cc(C)c(OC)c(C)c2)c2cc(C)c(OC)c(C)c2)C1CN. The van der Waals surface area contributed by atoms with E-state index in [1.807, 2.05) is 0 Å². The molecule has 0 bridgehead atoms. The van der Waals surface area contributed by atoms with Gasteiger partial charge in [-0.25, -0.2) is 0 Å². The van der Waals surface area contributed by atoms with E-state index in [0.717, 1.165) is 17.9 Å². The number of ether oxygens (including phenoxy) is 2. The van der Waals surface area contributed by atoms with E-state index in [0.29, 0.717) is 12.5 Å². The highest BCUT2D eigenvalue weighted by Crippen LogP contribution is 2.52. The summed E-state index contributed by atoms with van der Waals surface area (Å²) in [5.74, 6) is 2.25. The summed E-state index contributed by atoms with van der Waals surface area (Å²) in [6, 6.07) is 9.19. The zero-order chi connectivity index (χ0) is 22.0. The molecule has 0 aromatic heterocycles. The zero-order valence-corrected chi connectivity index (χ0v) is 20.2. The Labute approximate surface area is 182 Å². The minimum atomic E-state index is -0.711. The van der Waals surface area contributed by atoms with Gasteiger partial charge in [0.25, 0.3) is 0 Å². The Bertz CT molecular complexity index is 901. The standard InChI is InChI=1S/C26H34NO2P/c1-8-20-9-10-24(23(20)15-27)30(21-11-16(2)25(28-6)17(3)12-21)22-13-18(4)26(29-7)19(5)14-22/h9-14,23H,8,15,27H2,1-7H3. The molecule has 0 spiro atoms. The van der Waals surface area contributed by atoms with Gasteiger partial charge in [-0.15, -0.1) is 0 Å². The van der Waals surface area contributed by atoms with E-state index in [1.54, 1.807) is 14.2 Å². The van der Waals surface area contributed by atoms with Crippen molar-refractivity contribution in [3.05, 3.63) is 69.6 Å². The van der Waals surface area contributed by atoms with Crippen molar-refractivity contribution in [1.29, 1.82) is 0 Å². The first-order valence-electron chi connectivity index (χ1n) is 10.6. The fraction of sp³-hybridized carbons (Fsp3) is 0.385. The molecule has 1 unspecified atom stereocenters. The summed E-state index contributed by atoms with van der Waals surface area (Å²) in [7, 11) is 2.78. The minimum Gasteiger partial charge on any atom is -0.496 e. The van der Waals surface area contributed by atoms with Crippen LogP contribution in [0, 0.1) is 33.6 Å². The van der Waals surface area contributed by atoms with Crippen molar-refractivity contribution >= 4 is 18.5 Å². The van der Waals surface area contributed by atoms with E-state index in [1.165, 1.54) is 43.8 Å². The highest BCUT2D eigenvalue weighted by molar-refractivity contribution is 7.76. The van der Waals surface area contributed by atoms with Gasteiger partial charge in [-0.2, -0.15) is 0 Å². The number of nitrogens with two attached hydrogens (primary N) is 1. The highest BCUT2D eigenvalue weighted by atomic mass is 31.1. The molecule has 0 heterocycles. The van der Waals surface area contributed by atoms with E-state index in [-0.39, 0.29) is 0 Å². The summed E-state index contributed by atoms with van der Waals surface area (Å²) in [4.78, 5) is 0. The number of benzene rings is 2. The molecule has 0 saturated heterocycles. The second-order valence-electron chi connectivity index (χ2n) is 8.04. The van der Waals surface area contributed by atoms with Crippen LogP contribution < -0.4 is 25.8 Å². The maximum Gasteiger partial charge on any atom is 0.124 e. The zero-order valence-electron chi connectivity index (χ0n) is 19.3. The van der Waals surface area contributed by atoms with Gasteiger partial charge in [0, 0.05) is 12.5 Å². The number of rotatable bonds is 7. The summed E-state index contributed by atoms with van der Waals surface area (Å²) in [5.41, 5.74) is 12.4. The summed E-state index contributed by atoms with van der Waals surface area (Å²) in [6.07, 6.45) is 5.65. The molecule has 3 rings (SSSR count). The van der Waals surface area contributed by atoms with Gasteiger partial charge in [0.15, 0.2) is 0 Å². The van der Waals surface area contributed by atoms with Crippen molar-refractivity contribution < 1.29 is 9.47 Å². The van der Waals surface area contributed by atoms with Crippen LogP contribution in [0.3, 0.4) is 0 Å². The summed E-state index contributed by atoms with van der Waals surface area (Å²) >= 11 is 0. The molecule has 30 heavy (non-hydrogen) atoms. The van der Waals surface area contributed by atoms with Crippen LogP contribution in [0.5, 0.6) is 11.5 Å². The van der Waals surface area contributed by atoms with Crippen LogP contribution in [-0.4, -0.2) is 20.8 Å². The first-order chi connectivity index (χ1) is 14.4. The molecule has 1 aliphatic rings. The van der Waals surface area contributed by atoms with E-state index < -0.39 is 7.92 Å². The van der Waals surface area contributed by atoms with Gasteiger partial charge in [-0.05, 0) is 104 Å². The van der Waals surface area contributed by atoms with Gasteiger partial charge in [0.2, 0.25) is 0 Å². The number of hydrogen-bond donors (Lipinski definition) is 1. The Morgan fingerprint density at radius 1 is 0.800 bits per heavy atom. The minimum absolute atomic E-state index is 0.312. The maximum absolute atomic E-state index is 6.28. The van der Waals surface area contributed by atoms with E-state index in [9.17, 15) is 0 Å². The first kappa shape index (κ1) is 22.6. The second kappa shape index (κ2) is 9.37. The van der Waals surface area contributed by atoms with Crippen LogP contribution in [0.2, 0.25) is 0 Å². The molecular formula is C26H34NO2P. The van der Waals surface area contributed by atoms with E-state index in [4.69, 9.17) is 15.2 Å². The van der Waals surface area contributed by atoms with Gasteiger partial charge >= 0.3 is 0 Å². The lowest BCUT2D eigenvalue weighted by Gasteiger charge is -2.28. The molecule has 0 amide bonds. The fourth-order valence-electron chi connectivity index (χ4n) is 4.69. The molecule has 4 heteroatoms. The molecule has 2 aromatic carbocycles. The molecule has 2 N–H and O–H groups in total. The van der Waals surface area contributed by atoms with Crippen LogP contribution in [-0.2, 0) is 0 Å². The van der Waals surface area contributed by atoms with Gasteiger partial charge in [0.05, 0.1) is 14.2 Å². The number of methoxy groups -OCH3 is 2. The molecule has 1 atom stereocenters. The Morgan fingerprint density at radius 2 is 1.23 bits per heavy atom. The van der Waals surface area contributed by atoms with Crippen molar-refractivity contribution in [3.8, 4) is 11.5 Å². The first-order valence-corrected chi connectivity index (χ1v) is 11.9. The molecule has 0 fully saturated rings.